The van der Waals surface area contributed by atoms with Crippen LogP contribution < -0.4 is 4.74 Å². The molecule has 19 heavy (non-hydrogen) atoms. The van der Waals surface area contributed by atoms with Crippen molar-refractivity contribution in [2.75, 3.05) is 0 Å². The van der Waals surface area contributed by atoms with Crippen LogP contribution in [0.1, 0.15) is 13.8 Å². The third-order valence-corrected chi connectivity index (χ3v) is 3.52. The van der Waals surface area contributed by atoms with Crippen LogP contribution in [0, 0.1) is 0 Å². The van der Waals surface area contributed by atoms with E-state index in [0.717, 1.165) is 21.6 Å². The van der Waals surface area contributed by atoms with E-state index in [-0.39, 0.29) is 6.10 Å². The van der Waals surface area contributed by atoms with Crippen LogP contribution in [-0.4, -0.2) is 16.1 Å². The second-order valence-corrected chi connectivity index (χ2v) is 5.46. The smallest absolute Gasteiger partial charge is 0.242 e. The summed E-state index contributed by atoms with van der Waals surface area (Å²) in [6, 6.07) is 11.9. The Morgan fingerprint density at radius 3 is 2.37 bits per heavy atom. The van der Waals surface area contributed by atoms with E-state index >= 15 is 0 Å². The number of rotatable bonds is 3. The molecule has 0 radical (unpaired) electrons. The van der Waals surface area contributed by atoms with Gasteiger partial charge in [0.1, 0.15) is 5.69 Å². The molecule has 0 bridgehead atoms. The van der Waals surface area contributed by atoms with Gasteiger partial charge in [0, 0.05) is 0 Å². The quantitative estimate of drug-likeness (QED) is 0.717. The normalized spacial score (nSPS) is 11.1. The van der Waals surface area contributed by atoms with Crippen molar-refractivity contribution in [3.8, 4) is 16.5 Å². The minimum absolute atomic E-state index is 0.0779. The van der Waals surface area contributed by atoms with Gasteiger partial charge in [0.15, 0.2) is 0 Å². The first-order valence-electron chi connectivity index (χ1n) is 6.21. The lowest BCUT2D eigenvalue weighted by Gasteiger charge is -2.12. The van der Waals surface area contributed by atoms with Crippen LogP contribution in [0.15, 0.2) is 41.8 Å². The molecule has 0 saturated heterocycles. The molecule has 2 heterocycles. The molecular formula is C15H14N2OS. The number of benzene rings is 1. The van der Waals surface area contributed by atoms with Crippen molar-refractivity contribution < 1.29 is 4.74 Å². The minimum atomic E-state index is 0.0779. The van der Waals surface area contributed by atoms with Crippen LogP contribution in [0.5, 0.6) is 5.88 Å². The molecule has 0 fully saturated rings. The van der Waals surface area contributed by atoms with Crippen molar-refractivity contribution in [1.82, 2.24) is 9.97 Å². The predicted molar refractivity (Wildman–Crippen MR) is 78.6 cm³/mol. The zero-order chi connectivity index (χ0) is 13.2. The maximum Gasteiger partial charge on any atom is 0.242 e. The zero-order valence-corrected chi connectivity index (χ0v) is 11.6. The summed E-state index contributed by atoms with van der Waals surface area (Å²) in [5.41, 5.74) is 2.57. The molecule has 0 spiro atoms. The fourth-order valence-electron chi connectivity index (χ4n) is 1.86. The van der Waals surface area contributed by atoms with Crippen molar-refractivity contribution >= 4 is 22.4 Å². The molecule has 3 nitrogen and oxygen atoms in total. The maximum atomic E-state index is 5.81. The Morgan fingerprint density at radius 1 is 1.00 bits per heavy atom. The molecule has 0 saturated carbocycles. The Bertz CT molecular complexity index is 692. The number of para-hydroxylation sites is 2. The van der Waals surface area contributed by atoms with E-state index in [1.165, 1.54) is 0 Å². The first kappa shape index (κ1) is 12.1. The number of aromatic nitrogens is 2. The SMILES string of the molecule is CC(C)Oc1nc2ccccc2nc1-c1cccs1. The molecule has 0 unspecified atom stereocenters. The lowest BCUT2D eigenvalue weighted by molar-refractivity contribution is 0.234. The summed E-state index contributed by atoms with van der Waals surface area (Å²) in [7, 11) is 0. The molecule has 0 aliphatic rings. The maximum absolute atomic E-state index is 5.81. The molecule has 0 atom stereocenters. The van der Waals surface area contributed by atoms with Gasteiger partial charge < -0.3 is 4.74 Å². The first-order valence-corrected chi connectivity index (χ1v) is 7.09. The van der Waals surface area contributed by atoms with Crippen molar-refractivity contribution in [3.63, 3.8) is 0 Å². The molecule has 0 aliphatic carbocycles. The summed E-state index contributed by atoms with van der Waals surface area (Å²) in [4.78, 5) is 10.4. The molecule has 4 heteroatoms. The highest BCUT2D eigenvalue weighted by molar-refractivity contribution is 7.13. The van der Waals surface area contributed by atoms with Crippen molar-refractivity contribution in [2.24, 2.45) is 0 Å². The van der Waals surface area contributed by atoms with E-state index in [9.17, 15) is 0 Å². The zero-order valence-electron chi connectivity index (χ0n) is 10.8. The van der Waals surface area contributed by atoms with Gasteiger partial charge in [0.2, 0.25) is 5.88 Å². The Balaban J connectivity index is 2.21. The van der Waals surface area contributed by atoms with E-state index in [1.54, 1.807) is 11.3 Å². The Kier molecular flexibility index (Phi) is 3.17. The fourth-order valence-corrected chi connectivity index (χ4v) is 2.57. The Morgan fingerprint density at radius 2 is 1.74 bits per heavy atom. The number of nitrogens with zero attached hydrogens (tertiary/aromatic N) is 2. The van der Waals surface area contributed by atoms with E-state index < -0.39 is 0 Å². The first-order chi connectivity index (χ1) is 9.24. The van der Waals surface area contributed by atoms with Crippen LogP contribution in [0.25, 0.3) is 21.6 Å². The summed E-state index contributed by atoms with van der Waals surface area (Å²) in [6.07, 6.45) is 0.0779. The summed E-state index contributed by atoms with van der Waals surface area (Å²) >= 11 is 1.64. The van der Waals surface area contributed by atoms with Crippen molar-refractivity contribution in [2.45, 2.75) is 20.0 Å². The van der Waals surface area contributed by atoms with Gasteiger partial charge in [-0.05, 0) is 37.4 Å². The number of ether oxygens (including phenoxy) is 1. The van der Waals surface area contributed by atoms with Gasteiger partial charge in [-0.25, -0.2) is 9.97 Å². The second kappa shape index (κ2) is 4.97. The van der Waals surface area contributed by atoms with Gasteiger partial charge in [0.05, 0.1) is 22.0 Å². The molecule has 1 aromatic carbocycles. The topological polar surface area (TPSA) is 35.0 Å². The van der Waals surface area contributed by atoms with E-state index in [4.69, 9.17) is 9.72 Å². The standard InChI is InChI=1S/C15H14N2OS/c1-10(2)18-15-14(13-8-5-9-19-13)16-11-6-3-4-7-12(11)17-15/h3-10H,1-2H3. The molecule has 3 rings (SSSR count). The van der Waals surface area contributed by atoms with Crippen LogP contribution in [-0.2, 0) is 0 Å². The highest BCUT2D eigenvalue weighted by Crippen LogP contribution is 2.32. The van der Waals surface area contributed by atoms with Gasteiger partial charge in [-0.1, -0.05) is 18.2 Å². The van der Waals surface area contributed by atoms with Gasteiger partial charge >= 0.3 is 0 Å². The summed E-state index contributed by atoms with van der Waals surface area (Å²) in [6.45, 7) is 3.99. The molecule has 0 aliphatic heterocycles. The highest BCUT2D eigenvalue weighted by atomic mass is 32.1. The largest absolute Gasteiger partial charge is 0.473 e. The van der Waals surface area contributed by atoms with Crippen molar-refractivity contribution in [3.05, 3.63) is 41.8 Å². The second-order valence-electron chi connectivity index (χ2n) is 4.51. The molecule has 3 aromatic rings. The van der Waals surface area contributed by atoms with Gasteiger partial charge in [0.25, 0.3) is 0 Å². The molecule has 0 N–H and O–H groups in total. The Hall–Kier alpha value is -1.94. The van der Waals surface area contributed by atoms with Crippen molar-refractivity contribution in [1.29, 1.82) is 0 Å². The summed E-state index contributed by atoms with van der Waals surface area (Å²) < 4.78 is 5.81. The lowest BCUT2D eigenvalue weighted by Crippen LogP contribution is -2.08. The van der Waals surface area contributed by atoms with E-state index in [2.05, 4.69) is 4.98 Å². The van der Waals surface area contributed by atoms with Crippen LogP contribution in [0.2, 0.25) is 0 Å². The fraction of sp³-hybridized carbons (Fsp3) is 0.200. The lowest BCUT2D eigenvalue weighted by atomic mass is 10.2. The van der Waals surface area contributed by atoms with Gasteiger partial charge in [-0.3, -0.25) is 0 Å². The number of hydrogen-bond acceptors (Lipinski definition) is 4. The molecule has 0 amide bonds. The molecule has 96 valence electrons. The van der Waals surface area contributed by atoms with Gasteiger partial charge in [-0.2, -0.15) is 0 Å². The Labute approximate surface area is 115 Å². The van der Waals surface area contributed by atoms with E-state index in [1.807, 2.05) is 55.6 Å². The number of fused-ring (bicyclic) bond motifs is 1. The third kappa shape index (κ3) is 2.44. The van der Waals surface area contributed by atoms with E-state index in [0.29, 0.717) is 5.88 Å². The predicted octanol–water partition coefficient (Wildman–Crippen LogP) is 4.15. The highest BCUT2D eigenvalue weighted by Gasteiger charge is 2.14. The molecular weight excluding hydrogens is 256 g/mol. The third-order valence-electron chi connectivity index (χ3n) is 2.64. The average molecular weight is 270 g/mol. The van der Waals surface area contributed by atoms with Crippen LogP contribution >= 0.6 is 11.3 Å². The van der Waals surface area contributed by atoms with Gasteiger partial charge in [-0.15, -0.1) is 11.3 Å². The van der Waals surface area contributed by atoms with Crippen LogP contribution in [0.3, 0.4) is 0 Å². The number of hydrogen-bond donors (Lipinski definition) is 0. The average Bonchev–Trinajstić information content (AvgIpc) is 2.91. The minimum Gasteiger partial charge on any atom is -0.473 e. The van der Waals surface area contributed by atoms with Crippen LogP contribution in [0.4, 0.5) is 0 Å². The number of thiophene rings is 1. The summed E-state index contributed by atoms with van der Waals surface area (Å²) in [5, 5.41) is 2.03. The molecule has 2 aromatic heterocycles. The summed E-state index contributed by atoms with van der Waals surface area (Å²) in [5.74, 6) is 0.608. The monoisotopic (exact) mass is 270 g/mol.